The van der Waals surface area contributed by atoms with Crippen molar-refractivity contribution in [1.29, 1.82) is 0 Å². The van der Waals surface area contributed by atoms with E-state index in [1.807, 2.05) is 5.32 Å². The highest BCUT2D eigenvalue weighted by molar-refractivity contribution is 6.39. The van der Waals surface area contributed by atoms with Gasteiger partial charge in [-0.15, -0.1) is 0 Å². The molecule has 1 atom stereocenters. The number of alkyl halides is 3. The maximum absolute atomic E-state index is 13.4. The molecule has 0 radical (unpaired) electrons. The molecule has 2 amide bonds. The first-order valence-electron chi connectivity index (χ1n) is 8.14. The molecule has 0 saturated carbocycles. The molecule has 154 valence electrons. The number of nitrogens with one attached hydrogen (secondary N) is 2. The van der Waals surface area contributed by atoms with E-state index in [1.54, 1.807) is 12.2 Å². The number of halogens is 3. The number of rotatable bonds is 5. The smallest absolute Gasteiger partial charge is 0.375 e. The third-order valence-electron chi connectivity index (χ3n) is 4.03. The maximum atomic E-state index is 13.4. The Morgan fingerprint density at radius 2 is 1.72 bits per heavy atom. The number of benzene rings is 2. The maximum Gasteiger partial charge on any atom is 0.423 e. The Bertz CT molecular complexity index is 934. The van der Waals surface area contributed by atoms with Crippen LogP contribution in [0.2, 0.25) is 0 Å². The molecule has 0 heterocycles. The van der Waals surface area contributed by atoms with Gasteiger partial charge in [0.1, 0.15) is 5.69 Å². The molecule has 0 fully saturated rings. The van der Waals surface area contributed by atoms with E-state index >= 15 is 0 Å². The minimum atomic E-state index is -5.14. The van der Waals surface area contributed by atoms with Crippen molar-refractivity contribution in [2.24, 2.45) is 0 Å². The fourth-order valence-electron chi connectivity index (χ4n) is 2.45. The van der Waals surface area contributed by atoms with Crippen LogP contribution in [0.15, 0.2) is 48.5 Å². The van der Waals surface area contributed by atoms with Crippen LogP contribution < -0.4 is 10.6 Å². The monoisotopic (exact) mass is 411 g/mol. The summed E-state index contributed by atoms with van der Waals surface area (Å²) in [5.74, 6) is -2.92. The molecular weight excluding hydrogens is 395 g/mol. The van der Waals surface area contributed by atoms with Crippen molar-refractivity contribution in [3.8, 4) is 0 Å². The standard InChI is InChI=1S/C18H16F3N3O5/c1-11-7-8-13(14(9-11)24(28)29)23-16(26)15(25)22-10-17(27,18(19,20)21)12-5-3-2-4-6-12/h2-9,27H,10H2,1H3,(H,22,25)(H,23,26). The third-order valence-corrected chi connectivity index (χ3v) is 4.03. The number of aliphatic hydroxyl groups is 1. The highest BCUT2D eigenvalue weighted by Gasteiger charge is 2.55. The van der Waals surface area contributed by atoms with Crippen LogP contribution in [-0.2, 0) is 15.2 Å². The van der Waals surface area contributed by atoms with E-state index in [1.165, 1.54) is 30.3 Å². The molecule has 0 bridgehead atoms. The number of nitro groups is 1. The summed E-state index contributed by atoms with van der Waals surface area (Å²) in [5, 5.41) is 24.9. The second-order valence-electron chi connectivity index (χ2n) is 6.14. The van der Waals surface area contributed by atoms with Crippen LogP contribution >= 0.6 is 0 Å². The van der Waals surface area contributed by atoms with Gasteiger partial charge in [0.05, 0.1) is 11.5 Å². The van der Waals surface area contributed by atoms with Crippen LogP contribution in [0, 0.1) is 17.0 Å². The lowest BCUT2D eigenvalue weighted by molar-refractivity contribution is -0.384. The molecule has 2 rings (SSSR count). The average molecular weight is 411 g/mol. The minimum Gasteiger partial charge on any atom is -0.375 e. The van der Waals surface area contributed by atoms with Crippen LogP contribution in [0.5, 0.6) is 0 Å². The van der Waals surface area contributed by atoms with Gasteiger partial charge < -0.3 is 15.7 Å². The summed E-state index contributed by atoms with van der Waals surface area (Å²) in [6.45, 7) is 0.246. The summed E-state index contributed by atoms with van der Waals surface area (Å²) in [6, 6.07) is 9.83. The molecule has 29 heavy (non-hydrogen) atoms. The normalized spacial score (nSPS) is 13.3. The quantitative estimate of drug-likeness (QED) is 0.396. The first-order valence-corrected chi connectivity index (χ1v) is 8.14. The molecular formula is C18H16F3N3O5. The van der Waals surface area contributed by atoms with Gasteiger partial charge in [-0.25, -0.2) is 0 Å². The first-order chi connectivity index (χ1) is 13.5. The van der Waals surface area contributed by atoms with E-state index in [0.29, 0.717) is 5.56 Å². The number of aryl methyl sites for hydroxylation is 1. The highest BCUT2D eigenvalue weighted by atomic mass is 19.4. The Balaban J connectivity index is 2.15. The SMILES string of the molecule is Cc1ccc(NC(=O)C(=O)NCC(O)(c2ccccc2)C(F)(F)F)c([N+](=O)[O-])c1. The Morgan fingerprint density at radius 1 is 1.10 bits per heavy atom. The molecule has 2 aromatic carbocycles. The summed E-state index contributed by atoms with van der Waals surface area (Å²) in [4.78, 5) is 34.2. The highest BCUT2D eigenvalue weighted by Crippen LogP contribution is 2.38. The molecule has 2 aromatic rings. The largest absolute Gasteiger partial charge is 0.423 e. The first kappa shape index (κ1) is 21.8. The van der Waals surface area contributed by atoms with Crippen LogP contribution in [0.4, 0.5) is 24.5 Å². The van der Waals surface area contributed by atoms with Gasteiger partial charge in [0, 0.05) is 6.07 Å². The van der Waals surface area contributed by atoms with E-state index in [9.17, 15) is 38.0 Å². The lowest BCUT2D eigenvalue weighted by Crippen LogP contribution is -2.52. The second kappa shape index (κ2) is 8.27. The lowest BCUT2D eigenvalue weighted by atomic mass is 9.93. The molecule has 11 heteroatoms. The molecule has 0 spiro atoms. The number of carbonyl (C=O) groups is 2. The van der Waals surface area contributed by atoms with Crippen LogP contribution in [0.25, 0.3) is 0 Å². The molecule has 0 aliphatic rings. The van der Waals surface area contributed by atoms with Gasteiger partial charge >= 0.3 is 18.0 Å². The Morgan fingerprint density at radius 3 is 2.28 bits per heavy atom. The van der Waals surface area contributed by atoms with Gasteiger partial charge in [-0.3, -0.25) is 19.7 Å². The van der Waals surface area contributed by atoms with E-state index in [4.69, 9.17) is 0 Å². The number of nitrogens with zero attached hydrogens (tertiary/aromatic N) is 1. The predicted molar refractivity (Wildman–Crippen MR) is 95.9 cm³/mol. The van der Waals surface area contributed by atoms with Gasteiger partial charge in [-0.05, 0) is 24.1 Å². The molecule has 0 aliphatic heterocycles. The lowest BCUT2D eigenvalue weighted by Gasteiger charge is -2.31. The molecule has 0 saturated heterocycles. The van der Waals surface area contributed by atoms with Crippen molar-refractivity contribution in [2.45, 2.75) is 18.7 Å². The summed E-state index contributed by atoms with van der Waals surface area (Å²) in [6.07, 6.45) is -5.14. The van der Waals surface area contributed by atoms with Crippen LogP contribution in [0.1, 0.15) is 11.1 Å². The molecule has 1 unspecified atom stereocenters. The van der Waals surface area contributed by atoms with Crippen molar-refractivity contribution in [2.75, 3.05) is 11.9 Å². The molecule has 0 aliphatic carbocycles. The van der Waals surface area contributed by atoms with Crippen LogP contribution in [0.3, 0.4) is 0 Å². The van der Waals surface area contributed by atoms with E-state index in [0.717, 1.165) is 18.2 Å². The van der Waals surface area contributed by atoms with Gasteiger partial charge in [0.25, 0.3) is 5.69 Å². The fourth-order valence-corrected chi connectivity index (χ4v) is 2.45. The van der Waals surface area contributed by atoms with E-state index in [2.05, 4.69) is 0 Å². The topological polar surface area (TPSA) is 122 Å². The molecule has 0 aromatic heterocycles. The third kappa shape index (κ3) is 4.88. The van der Waals surface area contributed by atoms with Crippen molar-refractivity contribution in [3.63, 3.8) is 0 Å². The fraction of sp³-hybridized carbons (Fsp3) is 0.222. The summed E-state index contributed by atoms with van der Waals surface area (Å²) in [5.41, 5.74) is -4.21. The molecule has 8 nitrogen and oxygen atoms in total. The van der Waals surface area contributed by atoms with Crippen molar-refractivity contribution in [1.82, 2.24) is 5.32 Å². The second-order valence-corrected chi connectivity index (χ2v) is 6.14. The van der Waals surface area contributed by atoms with E-state index in [-0.39, 0.29) is 5.69 Å². The number of nitro benzene ring substituents is 1. The number of anilines is 1. The van der Waals surface area contributed by atoms with Gasteiger partial charge in [-0.2, -0.15) is 13.2 Å². The number of amides is 2. The number of hydrogen-bond acceptors (Lipinski definition) is 5. The molecule has 3 N–H and O–H groups in total. The van der Waals surface area contributed by atoms with Gasteiger partial charge in [0.15, 0.2) is 0 Å². The number of carbonyl (C=O) groups excluding carboxylic acids is 2. The summed E-state index contributed by atoms with van der Waals surface area (Å²) >= 11 is 0. The summed E-state index contributed by atoms with van der Waals surface area (Å²) in [7, 11) is 0. The van der Waals surface area contributed by atoms with Crippen molar-refractivity contribution >= 4 is 23.2 Å². The van der Waals surface area contributed by atoms with E-state index < -0.39 is 46.3 Å². The minimum absolute atomic E-state index is 0.296. The zero-order valence-corrected chi connectivity index (χ0v) is 15.0. The van der Waals surface area contributed by atoms with Gasteiger partial charge in [-0.1, -0.05) is 36.4 Å². The predicted octanol–water partition coefficient (Wildman–Crippen LogP) is 2.41. The van der Waals surface area contributed by atoms with Crippen LogP contribution in [-0.4, -0.2) is 34.6 Å². The zero-order chi connectivity index (χ0) is 21.8. The zero-order valence-electron chi connectivity index (χ0n) is 15.0. The summed E-state index contributed by atoms with van der Waals surface area (Å²) < 4.78 is 40.2. The number of hydrogen-bond donors (Lipinski definition) is 3. The van der Waals surface area contributed by atoms with Crippen molar-refractivity contribution in [3.05, 3.63) is 69.8 Å². The van der Waals surface area contributed by atoms with Gasteiger partial charge in [0.2, 0.25) is 5.60 Å². The Kier molecular flexibility index (Phi) is 6.22. The van der Waals surface area contributed by atoms with Crippen molar-refractivity contribution < 1.29 is 32.8 Å². The Labute approximate surface area is 162 Å². The Hall–Kier alpha value is -3.47. The average Bonchev–Trinajstić information content (AvgIpc) is 2.66.